The van der Waals surface area contributed by atoms with Crippen molar-refractivity contribution in [1.29, 1.82) is 0 Å². The molecule has 4 aliphatic rings. The lowest BCUT2D eigenvalue weighted by atomic mass is 9.71. The number of nitrogens with one attached hydrogen (secondary N) is 3. The molecule has 4 aliphatic heterocycles. The molecule has 0 bridgehead atoms. The number of piperidine rings is 2. The number of likely N-dealkylation sites (tertiary alicyclic amines) is 1. The van der Waals surface area contributed by atoms with E-state index in [1.807, 2.05) is 12.1 Å². The van der Waals surface area contributed by atoms with Gasteiger partial charge < -0.3 is 29.7 Å². The Bertz CT molecular complexity index is 3110. The molecule has 1 spiro atoms. The van der Waals surface area contributed by atoms with Crippen molar-refractivity contribution in [1.82, 2.24) is 34.3 Å². The molecule has 0 aliphatic carbocycles. The van der Waals surface area contributed by atoms with Gasteiger partial charge in [0.1, 0.15) is 30.6 Å². The maximum atomic E-state index is 14.7. The summed E-state index contributed by atoms with van der Waals surface area (Å²) in [7, 11) is 0.498. The first-order chi connectivity index (χ1) is 32.0. The van der Waals surface area contributed by atoms with Crippen LogP contribution in [0.3, 0.4) is 0 Å². The van der Waals surface area contributed by atoms with Crippen LogP contribution in [0, 0.1) is 18.2 Å². The van der Waals surface area contributed by atoms with Gasteiger partial charge in [0.05, 0.1) is 50.9 Å². The SMILES string of the molecule is CCc1cc(Nc2ncc(Br)c(Nc3ccc4nc(C)c(F)cc4c3P(C)(C)=O)n2)c(OC)cc1N1CCC(N2CC3(CN(c4cccc5c4n(C)c(=O)n5C4CCC(=O)NC4=O)C3)C2)CC1. The molecule has 16 nitrogen and oxygen atoms in total. The van der Waals surface area contributed by atoms with E-state index in [1.54, 1.807) is 61.9 Å². The highest BCUT2D eigenvalue weighted by molar-refractivity contribution is 9.10. The highest BCUT2D eigenvalue weighted by atomic mass is 79.9. The molecular formula is C48H54BrFN11O5P. The van der Waals surface area contributed by atoms with Crippen LogP contribution in [0.15, 0.2) is 64.0 Å². The van der Waals surface area contributed by atoms with Crippen LogP contribution in [-0.4, -0.2) is 107 Å². The topological polar surface area (TPSA) is 172 Å². The normalized spacial score (nSPS) is 18.9. The third-order valence-corrected chi connectivity index (χ3v) is 16.2. The number of imidazole rings is 1. The van der Waals surface area contributed by atoms with Gasteiger partial charge in [-0.15, -0.1) is 0 Å². The fraction of sp³-hybridized carbons (Fsp3) is 0.417. The molecular weight excluding hydrogens is 940 g/mol. The first-order valence-corrected chi connectivity index (χ1v) is 26.1. The van der Waals surface area contributed by atoms with Crippen molar-refractivity contribution in [3.8, 4) is 5.75 Å². The lowest BCUT2D eigenvalue weighted by Gasteiger charge is -2.63. The van der Waals surface area contributed by atoms with Crippen LogP contribution in [-0.2, 0) is 27.6 Å². The van der Waals surface area contributed by atoms with Gasteiger partial charge in [0.25, 0.3) is 0 Å². The molecule has 0 saturated carbocycles. The Morgan fingerprint density at radius 2 is 1.72 bits per heavy atom. The minimum atomic E-state index is -2.92. The number of carbonyl (C=O) groups is 2. The summed E-state index contributed by atoms with van der Waals surface area (Å²) in [5.41, 5.74) is 6.95. The number of fused-ring (bicyclic) bond motifs is 2. The molecule has 3 aromatic carbocycles. The molecule has 3 N–H and O–H groups in total. The molecule has 10 rings (SSSR count). The lowest BCUT2D eigenvalue weighted by molar-refractivity contribution is -0.135. The Morgan fingerprint density at radius 1 is 0.955 bits per heavy atom. The zero-order valence-electron chi connectivity index (χ0n) is 38.5. The van der Waals surface area contributed by atoms with Crippen LogP contribution in [0.1, 0.15) is 49.9 Å². The molecule has 6 aromatic rings. The number of aryl methyl sites for hydroxylation is 3. The molecule has 1 unspecified atom stereocenters. The number of benzene rings is 3. The van der Waals surface area contributed by atoms with Gasteiger partial charge in [-0.1, -0.05) is 13.0 Å². The number of hydrogen-bond acceptors (Lipinski definition) is 13. The van der Waals surface area contributed by atoms with Crippen LogP contribution in [0.25, 0.3) is 21.9 Å². The number of aromatic nitrogens is 5. The number of halogens is 2. The second-order valence-corrected chi connectivity index (χ2v) is 22.9. The fourth-order valence-electron chi connectivity index (χ4n) is 10.8. The van der Waals surface area contributed by atoms with Crippen molar-refractivity contribution >= 4 is 96.6 Å². The van der Waals surface area contributed by atoms with E-state index in [0.29, 0.717) is 61.9 Å². The van der Waals surface area contributed by atoms with E-state index in [2.05, 4.69) is 81.7 Å². The van der Waals surface area contributed by atoms with Crippen molar-refractivity contribution in [3.63, 3.8) is 0 Å². The number of carbonyl (C=O) groups excluding carboxylic acids is 2. The smallest absolute Gasteiger partial charge is 0.329 e. The molecule has 4 saturated heterocycles. The number of hydrogen-bond donors (Lipinski definition) is 3. The van der Waals surface area contributed by atoms with E-state index in [4.69, 9.17) is 9.72 Å². The van der Waals surface area contributed by atoms with E-state index in [9.17, 15) is 23.3 Å². The van der Waals surface area contributed by atoms with E-state index in [0.717, 1.165) is 81.1 Å². The Kier molecular flexibility index (Phi) is 11.4. The van der Waals surface area contributed by atoms with E-state index in [1.165, 1.54) is 11.6 Å². The van der Waals surface area contributed by atoms with E-state index >= 15 is 0 Å². The number of imide groups is 1. The Hall–Kier alpha value is -5.84. The quantitative estimate of drug-likeness (QED) is 0.0900. The first kappa shape index (κ1) is 45.0. The molecule has 350 valence electrons. The third-order valence-electron chi connectivity index (χ3n) is 14.1. The molecule has 67 heavy (non-hydrogen) atoms. The second-order valence-electron chi connectivity index (χ2n) is 18.9. The predicted molar refractivity (Wildman–Crippen MR) is 264 cm³/mol. The minimum Gasteiger partial charge on any atom is -0.494 e. The first-order valence-electron chi connectivity index (χ1n) is 22.7. The minimum absolute atomic E-state index is 0.209. The predicted octanol–water partition coefficient (Wildman–Crippen LogP) is 6.96. The summed E-state index contributed by atoms with van der Waals surface area (Å²) in [6, 6.07) is 14.9. The van der Waals surface area contributed by atoms with Gasteiger partial charge in [-0.2, -0.15) is 4.98 Å². The van der Waals surface area contributed by atoms with Crippen LogP contribution in [0.2, 0.25) is 0 Å². The zero-order valence-corrected chi connectivity index (χ0v) is 40.9. The van der Waals surface area contributed by atoms with Gasteiger partial charge in [-0.05, 0) is 104 Å². The number of nitrogens with zero attached hydrogens (tertiary/aromatic N) is 8. The Morgan fingerprint density at radius 3 is 2.42 bits per heavy atom. The van der Waals surface area contributed by atoms with Crippen molar-refractivity contribution in [2.75, 3.05) is 80.1 Å². The summed E-state index contributed by atoms with van der Waals surface area (Å²) in [5.74, 6) is 0.244. The summed E-state index contributed by atoms with van der Waals surface area (Å²) in [6.45, 7) is 12.8. The average Bonchev–Trinajstić information content (AvgIpc) is 3.52. The van der Waals surface area contributed by atoms with Crippen molar-refractivity contribution < 1.29 is 23.3 Å². The largest absolute Gasteiger partial charge is 0.494 e. The monoisotopic (exact) mass is 993 g/mol. The van der Waals surface area contributed by atoms with Crippen LogP contribution >= 0.6 is 23.1 Å². The summed E-state index contributed by atoms with van der Waals surface area (Å²) >= 11 is 3.58. The number of amides is 2. The van der Waals surface area contributed by atoms with Crippen LogP contribution in [0.4, 0.5) is 38.9 Å². The van der Waals surface area contributed by atoms with Gasteiger partial charge in [0.2, 0.25) is 17.8 Å². The number of methoxy groups -OCH3 is 1. The van der Waals surface area contributed by atoms with Gasteiger partial charge in [0.15, 0.2) is 0 Å². The fourth-order valence-corrected chi connectivity index (χ4v) is 12.5. The van der Waals surface area contributed by atoms with E-state index < -0.39 is 24.9 Å². The van der Waals surface area contributed by atoms with Crippen molar-refractivity contribution in [2.45, 2.75) is 58.0 Å². The number of ether oxygens (including phenoxy) is 1. The lowest BCUT2D eigenvalue weighted by Crippen LogP contribution is -2.74. The Labute approximate surface area is 395 Å². The number of anilines is 6. The van der Waals surface area contributed by atoms with Gasteiger partial charge >= 0.3 is 5.69 Å². The maximum Gasteiger partial charge on any atom is 0.329 e. The average molecular weight is 995 g/mol. The molecule has 3 aromatic heterocycles. The summed E-state index contributed by atoms with van der Waals surface area (Å²) in [4.78, 5) is 59.3. The summed E-state index contributed by atoms with van der Waals surface area (Å²) in [6.07, 6.45) is 5.08. The van der Waals surface area contributed by atoms with Crippen molar-refractivity contribution in [2.24, 2.45) is 12.5 Å². The highest BCUT2D eigenvalue weighted by Gasteiger charge is 2.53. The summed E-state index contributed by atoms with van der Waals surface area (Å²) < 4.78 is 38.1. The summed E-state index contributed by atoms with van der Waals surface area (Å²) in [5, 5.41) is 10.1. The Balaban J connectivity index is 0.789. The molecule has 4 fully saturated rings. The second kappa shape index (κ2) is 17.0. The zero-order chi connectivity index (χ0) is 47.1. The highest BCUT2D eigenvalue weighted by Crippen LogP contribution is 2.47. The maximum absolute atomic E-state index is 14.7. The number of pyridine rings is 1. The molecule has 7 heterocycles. The third kappa shape index (κ3) is 8.03. The number of rotatable bonds is 11. The van der Waals surface area contributed by atoms with Crippen LogP contribution in [0.5, 0.6) is 5.75 Å². The van der Waals surface area contributed by atoms with Gasteiger partial charge in [-0.25, -0.2) is 14.2 Å². The number of para-hydroxylation sites is 1. The standard InChI is InChI=1S/C48H54BrFN11O5P/c1-7-28-19-35(54-46-51-22-31(49)44(56-46)53-34-12-11-33-30(43(34)67(5,6)65)20-32(50)27(2)52-33)40(66-4)21-39(28)58-17-15-29(16-18-58)59-23-48(24-59)25-60(26-48)36-9-8-10-37-42(36)57(3)47(64)61(37)38-13-14-41(62)55-45(38)63/h8-12,19-22,29,38H,7,13-18,23-26H2,1-6H3,(H,55,62,63)(H2,51,53,54,56). The van der Waals surface area contributed by atoms with Gasteiger partial charge in [-0.3, -0.25) is 33.9 Å². The van der Waals surface area contributed by atoms with Crippen LogP contribution < -0.4 is 41.5 Å². The van der Waals surface area contributed by atoms with Gasteiger partial charge in [0, 0.05) is 92.8 Å². The molecule has 1 atom stereocenters. The van der Waals surface area contributed by atoms with Crippen molar-refractivity contribution in [3.05, 3.63) is 86.8 Å². The molecule has 0 radical (unpaired) electrons. The van der Waals surface area contributed by atoms with E-state index in [-0.39, 0.29) is 29.1 Å². The molecule has 19 heteroatoms. The molecule has 2 amide bonds.